The van der Waals surface area contributed by atoms with Gasteiger partial charge < -0.3 is 15.6 Å². The number of aliphatic hydroxyl groups is 1. The first kappa shape index (κ1) is 19.1. The van der Waals surface area contributed by atoms with Gasteiger partial charge in [0, 0.05) is 25.1 Å². The zero-order valence-electron chi connectivity index (χ0n) is 15.0. The molecule has 3 N–H and O–H groups in total. The van der Waals surface area contributed by atoms with Crippen LogP contribution in [0.4, 0.5) is 4.39 Å². The van der Waals surface area contributed by atoms with Crippen LogP contribution in [0.1, 0.15) is 28.8 Å². The maximum absolute atomic E-state index is 13.0. The van der Waals surface area contributed by atoms with Gasteiger partial charge in [-0.05, 0) is 54.0 Å². The molecule has 27 heavy (non-hydrogen) atoms. The summed E-state index contributed by atoms with van der Waals surface area (Å²) in [5.41, 5.74) is 7.82. The normalized spacial score (nSPS) is 15.9. The molecule has 0 bridgehead atoms. The van der Waals surface area contributed by atoms with E-state index >= 15 is 0 Å². The number of hydrogen-bond donors (Lipinski definition) is 2. The fourth-order valence-corrected chi connectivity index (χ4v) is 3.06. The second-order valence-electron chi connectivity index (χ2n) is 6.49. The molecule has 1 unspecified atom stereocenters. The molecule has 2 aromatic carbocycles. The number of ether oxygens (including phenoxy) is 1. The number of aliphatic hydroxyl groups excluding tert-OH is 1. The predicted molar refractivity (Wildman–Crippen MR) is 102 cm³/mol. The maximum atomic E-state index is 13.0. The van der Waals surface area contributed by atoms with Crippen molar-refractivity contribution in [3.8, 4) is 5.75 Å². The quantitative estimate of drug-likeness (QED) is 0.786. The minimum atomic E-state index is -0.596. The Morgan fingerprint density at radius 1 is 1.19 bits per heavy atom. The first-order valence-electron chi connectivity index (χ1n) is 8.92. The van der Waals surface area contributed by atoms with Gasteiger partial charge in [-0.15, -0.1) is 0 Å². The smallest absolute Gasteiger partial charge is 0.248 e. The Balaban J connectivity index is 1.45. The molecule has 0 aromatic heterocycles. The van der Waals surface area contributed by atoms with E-state index in [0.717, 1.165) is 18.5 Å². The molecule has 1 atom stereocenters. The number of nitrogens with two attached hydrogens (primary N) is 1. The van der Waals surface area contributed by atoms with Crippen LogP contribution in [-0.4, -0.2) is 41.8 Å². The van der Waals surface area contributed by atoms with Crippen molar-refractivity contribution in [3.63, 3.8) is 0 Å². The maximum Gasteiger partial charge on any atom is 0.248 e. The monoisotopic (exact) mass is 370 g/mol. The van der Waals surface area contributed by atoms with Crippen molar-refractivity contribution in [2.75, 3.05) is 19.7 Å². The highest BCUT2D eigenvalue weighted by Gasteiger charge is 2.19. The Morgan fingerprint density at radius 3 is 2.48 bits per heavy atom. The van der Waals surface area contributed by atoms with Crippen LogP contribution in [0.5, 0.6) is 5.75 Å². The molecule has 1 aliphatic rings. The van der Waals surface area contributed by atoms with E-state index in [0.29, 0.717) is 30.9 Å². The summed E-state index contributed by atoms with van der Waals surface area (Å²) in [4.78, 5) is 13.0. The highest BCUT2D eigenvalue weighted by molar-refractivity contribution is 5.92. The molecule has 142 valence electrons. The van der Waals surface area contributed by atoms with Gasteiger partial charge in [0.2, 0.25) is 5.91 Å². The van der Waals surface area contributed by atoms with Crippen molar-refractivity contribution < 1.29 is 19.0 Å². The molecule has 1 aliphatic heterocycles. The molecular formula is C21H23FN2O3. The Morgan fingerprint density at radius 2 is 1.89 bits per heavy atom. The number of rotatable bonds is 7. The molecule has 0 saturated heterocycles. The van der Waals surface area contributed by atoms with Crippen LogP contribution in [0.3, 0.4) is 0 Å². The molecular weight excluding hydrogens is 347 g/mol. The van der Waals surface area contributed by atoms with Gasteiger partial charge in [0.05, 0.1) is 6.61 Å². The van der Waals surface area contributed by atoms with Crippen LogP contribution < -0.4 is 10.5 Å². The SMILES string of the molecule is NC(=O)c1ccc(OCCC(O)N2CC=C(c3ccc(F)cc3)CC2)cc1. The van der Waals surface area contributed by atoms with Gasteiger partial charge in [0.1, 0.15) is 17.8 Å². The second kappa shape index (κ2) is 8.79. The fourth-order valence-electron chi connectivity index (χ4n) is 3.06. The molecule has 1 heterocycles. The average Bonchev–Trinajstić information content (AvgIpc) is 2.69. The third kappa shape index (κ3) is 5.15. The second-order valence-corrected chi connectivity index (χ2v) is 6.49. The molecule has 3 rings (SSSR count). The van der Waals surface area contributed by atoms with E-state index in [4.69, 9.17) is 10.5 Å². The molecule has 0 radical (unpaired) electrons. The lowest BCUT2D eigenvalue weighted by Gasteiger charge is -2.30. The molecule has 0 saturated carbocycles. The molecule has 2 aromatic rings. The van der Waals surface area contributed by atoms with E-state index in [1.165, 1.54) is 17.7 Å². The predicted octanol–water partition coefficient (Wildman–Crippen LogP) is 2.80. The van der Waals surface area contributed by atoms with Gasteiger partial charge in [-0.25, -0.2) is 4.39 Å². The highest BCUT2D eigenvalue weighted by Crippen LogP contribution is 2.23. The van der Waals surface area contributed by atoms with E-state index in [2.05, 4.69) is 6.08 Å². The lowest BCUT2D eigenvalue weighted by molar-refractivity contribution is -0.00385. The minimum Gasteiger partial charge on any atom is -0.493 e. The van der Waals surface area contributed by atoms with E-state index in [-0.39, 0.29) is 5.82 Å². The van der Waals surface area contributed by atoms with Crippen molar-refractivity contribution in [3.05, 3.63) is 71.6 Å². The number of nitrogens with zero attached hydrogens (tertiary/aromatic N) is 1. The number of carbonyl (C=O) groups is 1. The molecule has 5 nitrogen and oxygen atoms in total. The largest absolute Gasteiger partial charge is 0.493 e. The summed E-state index contributed by atoms with van der Waals surface area (Å²) in [7, 11) is 0. The summed E-state index contributed by atoms with van der Waals surface area (Å²) in [6.07, 6.45) is 2.75. The summed E-state index contributed by atoms with van der Waals surface area (Å²) in [6.45, 7) is 1.74. The van der Waals surface area contributed by atoms with E-state index in [9.17, 15) is 14.3 Å². The van der Waals surface area contributed by atoms with Crippen molar-refractivity contribution in [1.29, 1.82) is 0 Å². The number of halogens is 1. The van der Waals surface area contributed by atoms with Crippen molar-refractivity contribution in [2.24, 2.45) is 5.73 Å². The number of carbonyl (C=O) groups excluding carboxylic acids is 1. The van der Waals surface area contributed by atoms with E-state index in [1.807, 2.05) is 4.90 Å². The van der Waals surface area contributed by atoms with Gasteiger partial charge in [0.25, 0.3) is 0 Å². The molecule has 1 amide bonds. The summed E-state index contributed by atoms with van der Waals surface area (Å²) < 4.78 is 18.6. The highest BCUT2D eigenvalue weighted by atomic mass is 19.1. The molecule has 0 fully saturated rings. The lowest BCUT2D eigenvalue weighted by atomic mass is 9.99. The first-order chi connectivity index (χ1) is 13.0. The lowest BCUT2D eigenvalue weighted by Crippen LogP contribution is -2.39. The van der Waals surface area contributed by atoms with Gasteiger partial charge in [-0.1, -0.05) is 18.2 Å². The number of amides is 1. The van der Waals surface area contributed by atoms with Gasteiger partial charge >= 0.3 is 0 Å². The molecule has 6 heteroatoms. The number of benzene rings is 2. The summed E-state index contributed by atoms with van der Waals surface area (Å²) in [6, 6.07) is 13.1. The van der Waals surface area contributed by atoms with Crippen LogP contribution in [0.2, 0.25) is 0 Å². The summed E-state index contributed by atoms with van der Waals surface area (Å²) in [5.74, 6) is -0.0871. The van der Waals surface area contributed by atoms with E-state index in [1.54, 1.807) is 36.4 Å². The standard InChI is InChI=1S/C21H23FN2O3/c22-18-5-1-15(2-6-18)16-9-12-24(13-10-16)20(25)11-14-27-19-7-3-17(4-8-19)21(23)26/h1-9,20,25H,10-14H2,(H2,23,26). The zero-order chi connectivity index (χ0) is 19.2. The average molecular weight is 370 g/mol. The van der Waals surface area contributed by atoms with Crippen LogP contribution in [0, 0.1) is 5.82 Å². The Bertz CT molecular complexity index is 803. The van der Waals surface area contributed by atoms with E-state index < -0.39 is 12.1 Å². The van der Waals surface area contributed by atoms with Crippen LogP contribution in [-0.2, 0) is 0 Å². The zero-order valence-corrected chi connectivity index (χ0v) is 15.0. The van der Waals surface area contributed by atoms with Gasteiger partial charge in [-0.2, -0.15) is 0 Å². The third-order valence-corrected chi connectivity index (χ3v) is 4.66. The van der Waals surface area contributed by atoms with Crippen molar-refractivity contribution >= 4 is 11.5 Å². The Labute approximate surface area is 157 Å². The molecule has 0 aliphatic carbocycles. The minimum absolute atomic E-state index is 0.239. The third-order valence-electron chi connectivity index (χ3n) is 4.66. The van der Waals surface area contributed by atoms with Crippen molar-refractivity contribution in [1.82, 2.24) is 4.90 Å². The number of primary amides is 1. The van der Waals surface area contributed by atoms with Gasteiger partial charge in [0.15, 0.2) is 0 Å². The Kier molecular flexibility index (Phi) is 6.21. The van der Waals surface area contributed by atoms with Gasteiger partial charge in [-0.3, -0.25) is 9.69 Å². The summed E-state index contributed by atoms with van der Waals surface area (Å²) >= 11 is 0. The Hall–Kier alpha value is -2.70. The number of hydrogen-bond acceptors (Lipinski definition) is 4. The molecule has 0 spiro atoms. The van der Waals surface area contributed by atoms with Crippen LogP contribution in [0.25, 0.3) is 5.57 Å². The van der Waals surface area contributed by atoms with Crippen LogP contribution >= 0.6 is 0 Å². The fraction of sp³-hybridized carbons (Fsp3) is 0.286. The van der Waals surface area contributed by atoms with Crippen LogP contribution in [0.15, 0.2) is 54.6 Å². The van der Waals surface area contributed by atoms with Crippen molar-refractivity contribution in [2.45, 2.75) is 19.1 Å². The summed E-state index contributed by atoms with van der Waals surface area (Å²) in [5, 5.41) is 10.4. The topological polar surface area (TPSA) is 75.8 Å². The first-order valence-corrected chi connectivity index (χ1v) is 8.92.